The van der Waals surface area contributed by atoms with Crippen molar-refractivity contribution < 1.29 is 14.3 Å². The molecule has 0 radical (unpaired) electrons. The van der Waals surface area contributed by atoms with E-state index < -0.39 is 5.91 Å². The van der Waals surface area contributed by atoms with E-state index in [4.69, 9.17) is 10.5 Å². The number of rotatable bonds is 7. The largest absolute Gasteiger partial charge is 0.457 e. The summed E-state index contributed by atoms with van der Waals surface area (Å²) >= 11 is 0. The molecular formula is C24H24N2O3. The Balaban J connectivity index is 1.59. The standard InChI is InChI=1S/C24H24N2O3/c1-14-9-19(6-5-17(14)12-18(27)11-16-3-4-16)29-23-7-8-26-22-10-15(2)20(24(25)28)13-21(22)23/h5-10,13,16H,3-4,11-12H2,1-2H3,(H2,25,28). The predicted octanol–water partition coefficient (Wildman–Crippen LogP) is 4.65. The second-order valence-electron chi connectivity index (χ2n) is 7.91. The zero-order chi connectivity index (χ0) is 20.5. The second-order valence-corrected chi connectivity index (χ2v) is 7.91. The van der Waals surface area contributed by atoms with Gasteiger partial charge < -0.3 is 10.5 Å². The molecule has 0 atom stereocenters. The fraction of sp³-hybridized carbons (Fsp3) is 0.292. The third-order valence-electron chi connectivity index (χ3n) is 5.46. The number of aromatic nitrogens is 1. The molecule has 0 saturated heterocycles. The minimum Gasteiger partial charge on any atom is -0.457 e. The van der Waals surface area contributed by atoms with E-state index in [0.717, 1.165) is 27.6 Å². The van der Waals surface area contributed by atoms with Crippen molar-refractivity contribution in [2.75, 3.05) is 0 Å². The number of nitrogens with zero attached hydrogens (tertiary/aromatic N) is 1. The first-order chi connectivity index (χ1) is 13.9. The molecule has 5 nitrogen and oxygen atoms in total. The number of aryl methyl sites for hydroxylation is 2. The van der Waals surface area contributed by atoms with E-state index in [1.807, 2.05) is 38.1 Å². The van der Waals surface area contributed by atoms with Crippen molar-refractivity contribution in [2.24, 2.45) is 11.7 Å². The molecule has 1 aliphatic rings. The smallest absolute Gasteiger partial charge is 0.248 e. The summed E-state index contributed by atoms with van der Waals surface area (Å²) < 4.78 is 6.10. The summed E-state index contributed by atoms with van der Waals surface area (Å²) in [7, 11) is 0. The van der Waals surface area contributed by atoms with Crippen molar-refractivity contribution in [1.29, 1.82) is 0 Å². The van der Waals surface area contributed by atoms with Gasteiger partial charge in [0, 0.05) is 30.0 Å². The first kappa shape index (κ1) is 19.1. The number of benzene rings is 2. The molecule has 2 aromatic carbocycles. The molecular weight excluding hydrogens is 364 g/mol. The van der Waals surface area contributed by atoms with Gasteiger partial charge in [0.25, 0.3) is 0 Å². The van der Waals surface area contributed by atoms with Crippen molar-refractivity contribution in [3.05, 3.63) is 64.8 Å². The van der Waals surface area contributed by atoms with Gasteiger partial charge in [-0.15, -0.1) is 0 Å². The number of amides is 1. The lowest BCUT2D eigenvalue weighted by atomic mass is 10.0. The van der Waals surface area contributed by atoms with E-state index in [9.17, 15) is 9.59 Å². The van der Waals surface area contributed by atoms with Crippen molar-refractivity contribution in [1.82, 2.24) is 4.98 Å². The average molecular weight is 388 g/mol. The molecule has 0 aliphatic heterocycles. The number of ether oxygens (including phenoxy) is 1. The predicted molar refractivity (Wildman–Crippen MR) is 112 cm³/mol. The Morgan fingerprint density at radius 1 is 1.10 bits per heavy atom. The molecule has 1 fully saturated rings. The van der Waals surface area contributed by atoms with Gasteiger partial charge in [-0.25, -0.2) is 0 Å². The number of hydrogen-bond donors (Lipinski definition) is 1. The third kappa shape index (κ3) is 4.29. The minimum atomic E-state index is -0.477. The van der Waals surface area contributed by atoms with Crippen LogP contribution in [0.3, 0.4) is 0 Å². The van der Waals surface area contributed by atoms with Crippen LogP contribution in [0.25, 0.3) is 10.9 Å². The summed E-state index contributed by atoms with van der Waals surface area (Å²) in [5, 5.41) is 0.730. The Bertz CT molecular complexity index is 1120. The molecule has 1 amide bonds. The fourth-order valence-corrected chi connectivity index (χ4v) is 3.61. The van der Waals surface area contributed by atoms with Crippen LogP contribution in [0.2, 0.25) is 0 Å². The highest BCUT2D eigenvalue weighted by molar-refractivity contribution is 5.99. The van der Waals surface area contributed by atoms with E-state index in [2.05, 4.69) is 4.98 Å². The lowest BCUT2D eigenvalue weighted by Crippen LogP contribution is -2.12. The van der Waals surface area contributed by atoms with Crippen LogP contribution in [-0.4, -0.2) is 16.7 Å². The van der Waals surface area contributed by atoms with Gasteiger partial charge in [0.15, 0.2) is 0 Å². The van der Waals surface area contributed by atoms with Crippen molar-refractivity contribution in [3.8, 4) is 11.5 Å². The zero-order valence-corrected chi connectivity index (χ0v) is 16.7. The molecule has 5 heteroatoms. The molecule has 2 N–H and O–H groups in total. The van der Waals surface area contributed by atoms with Gasteiger partial charge in [-0.1, -0.05) is 6.07 Å². The molecule has 1 heterocycles. The summed E-state index contributed by atoms with van der Waals surface area (Å²) in [6.45, 7) is 3.83. The number of nitrogens with two attached hydrogens (primary N) is 1. The number of carbonyl (C=O) groups is 2. The van der Waals surface area contributed by atoms with Crippen LogP contribution in [0, 0.1) is 19.8 Å². The van der Waals surface area contributed by atoms with E-state index in [0.29, 0.717) is 41.6 Å². The molecule has 4 rings (SSSR count). The quantitative estimate of drug-likeness (QED) is 0.638. The van der Waals surface area contributed by atoms with Crippen LogP contribution < -0.4 is 10.5 Å². The topological polar surface area (TPSA) is 82.3 Å². The fourth-order valence-electron chi connectivity index (χ4n) is 3.61. The first-order valence-corrected chi connectivity index (χ1v) is 9.89. The Labute approximate surface area is 169 Å². The maximum absolute atomic E-state index is 12.2. The van der Waals surface area contributed by atoms with Gasteiger partial charge in [-0.3, -0.25) is 14.6 Å². The number of fused-ring (bicyclic) bond motifs is 1. The van der Waals surface area contributed by atoms with E-state index in [1.165, 1.54) is 12.8 Å². The highest BCUT2D eigenvalue weighted by Gasteiger charge is 2.24. The van der Waals surface area contributed by atoms with Gasteiger partial charge in [0.05, 0.1) is 5.52 Å². The maximum Gasteiger partial charge on any atom is 0.248 e. The molecule has 0 unspecified atom stereocenters. The number of pyridine rings is 1. The average Bonchev–Trinajstić information content (AvgIpc) is 3.47. The SMILES string of the molecule is Cc1cc(Oc2ccnc3cc(C)c(C(N)=O)cc23)ccc1CC(=O)CC1CC1. The van der Waals surface area contributed by atoms with E-state index >= 15 is 0 Å². The maximum atomic E-state index is 12.2. The van der Waals surface area contributed by atoms with Gasteiger partial charge >= 0.3 is 0 Å². The second kappa shape index (κ2) is 7.66. The highest BCUT2D eigenvalue weighted by atomic mass is 16.5. The van der Waals surface area contributed by atoms with Crippen LogP contribution in [0.1, 0.15) is 46.3 Å². The summed E-state index contributed by atoms with van der Waals surface area (Å²) in [6, 6.07) is 11.1. The number of carbonyl (C=O) groups excluding carboxylic acids is 2. The zero-order valence-electron chi connectivity index (χ0n) is 16.7. The Kier molecular flexibility index (Phi) is 5.05. The summed E-state index contributed by atoms with van der Waals surface area (Å²) in [5.41, 5.74) is 9.53. The molecule has 1 aliphatic carbocycles. The number of ketones is 1. The van der Waals surface area contributed by atoms with Gasteiger partial charge in [-0.2, -0.15) is 0 Å². The van der Waals surface area contributed by atoms with E-state index in [-0.39, 0.29) is 0 Å². The Hall–Kier alpha value is -3.21. The monoisotopic (exact) mass is 388 g/mol. The minimum absolute atomic E-state index is 0.304. The Morgan fingerprint density at radius 3 is 2.59 bits per heavy atom. The molecule has 29 heavy (non-hydrogen) atoms. The van der Waals surface area contributed by atoms with Gasteiger partial charge in [-0.05, 0) is 79.6 Å². The first-order valence-electron chi connectivity index (χ1n) is 9.89. The molecule has 3 aromatic rings. The normalized spacial score (nSPS) is 13.4. The van der Waals surface area contributed by atoms with Gasteiger partial charge in [0.2, 0.25) is 5.91 Å². The van der Waals surface area contributed by atoms with Crippen molar-refractivity contribution in [2.45, 2.75) is 39.5 Å². The lowest BCUT2D eigenvalue weighted by Gasteiger charge is -2.12. The third-order valence-corrected chi connectivity index (χ3v) is 5.46. The van der Waals surface area contributed by atoms with E-state index in [1.54, 1.807) is 18.3 Å². The summed E-state index contributed by atoms with van der Waals surface area (Å²) in [6.07, 6.45) is 5.23. The lowest BCUT2D eigenvalue weighted by molar-refractivity contribution is -0.118. The molecule has 148 valence electrons. The number of Topliss-reactive ketones (excluding diaryl/α,β-unsaturated/α-hetero) is 1. The highest BCUT2D eigenvalue weighted by Crippen LogP contribution is 2.34. The van der Waals surface area contributed by atoms with Crippen LogP contribution in [0.5, 0.6) is 11.5 Å². The van der Waals surface area contributed by atoms with Gasteiger partial charge in [0.1, 0.15) is 17.3 Å². The summed E-state index contributed by atoms with van der Waals surface area (Å²) in [5.74, 6) is 1.72. The van der Waals surface area contributed by atoms with Crippen LogP contribution in [0.15, 0.2) is 42.6 Å². The molecule has 1 aromatic heterocycles. The summed E-state index contributed by atoms with van der Waals surface area (Å²) in [4.78, 5) is 28.3. The van der Waals surface area contributed by atoms with Crippen LogP contribution >= 0.6 is 0 Å². The van der Waals surface area contributed by atoms with Crippen LogP contribution in [0.4, 0.5) is 0 Å². The van der Waals surface area contributed by atoms with Crippen molar-refractivity contribution in [3.63, 3.8) is 0 Å². The molecule has 0 bridgehead atoms. The van der Waals surface area contributed by atoms with Crippen LogP contribution in [-0.2, 0) is 11.2 Å². The number of hydrogen-bond acceptors (Lipinski definition) is 4. The Morgan fingerprint density at radius 2 is 1.90 bits per heavy atom. The molecule has 1 saturated carbocycles. The van der Waals surface area contributed by atoms with Crippen molar-refractivity contribution >= 4 is 22.6 Å². The molecule has 0 spiro atoms. The number of primary amides is 1.